The number of ketones is 1. The monoisotopic (exact) mass is 350 g/mol. The van der Waals surface area contributed by atoms with Crippen molar-refractivity contribution in [1.29, 1.82) is 0 Å². The highest BCUT2D eigenvalue weighted by molar-refractivity contribution is 5.97. The zero-order chi connectivity index (χ0) is 18.1. The minimum atomic E-state index is -0.163. The van der Waals surface area contributed by atoms with E-state index in [9.17, 15) is 9.90 Å². The number of benzene rings is 2. The summed E-state index contributed by atoms with van der Waals surface area (Å²) in [6.45, 7) is 0.0383. The number of aromatic hydroxyl groups is 1. The van der Waals surface area contributed by atoms with Gasteiger partial charge < -0.3 is 14.4 Å². The van der Waals surface area contributed by atoms with Crippen molar-refractivity contribution in [3.8, 4) is 23.0 Å². The van der Waals surface area contributed by atoms with E-state index in [4.69, 9.17) is 4.74 Å². The quantitative estimate of drug-likeness (QED) is 0.552. The minimum absolute atomic E-state index is 0.0218. The van der Waals surface area contributed by atoms with Crippen LogP contribution >= 0.6 is 0 Å². The highest BCUT2D eigenvalue weighted by Gasteiger charge is 2.19. The second-order valence-corrected chi connectivity index (χ2v) is 5.61. The Labute approximate surface area is 147 Å². The van der Waals surface area contributed by atoms with Gasteiger partial charge in [0.25, 0.3) is 0 Å². The average molecular weight is 350 g/mol. The molecule has 2 aromatic carbocycles. The van der Waals surface area contributed by atoms with Gasteiger partial charge in [0.05, 0.1) is 24.7 Å². The zero-order valence-electron chi connectivity index (χ0n) is 13.8. The van der Waals surface area contributed by atoms with Gasteiger partial charge in [-0.15, -0.1) is 0 Å². The number of ether oxygens (including phenoxy) is 1. The molecule has 0 amide bonds. The van der Waals surface area contributed by atoms with Crippen molar-refractivity contribution in [3.63, 3.8) is 0 Å². The average Bonchev–Trinajstić information content (AvgIpc) is 3.30. The number of nitrogens with zero attached hydrogens (tertiary/aromatic N) is 4. The number of Topliss-reactive ketones (excluding diaryl/α,β-unsaturated/α-hetero) is 1. The van der Waals surface area contributed by atoms with Crippen molar-refractivity contribution in [2.45, 2.75) is 6.54 Å². The van der Waals surface area contributed by atoms with E-state index in [1.54, 1.807) is 10.6 Å². The summed E-state index contributed by atoms with van der Waals surface area (Å²) in [5.41, 5.74) is 2.39. The third-order valence-electron chi connectivity index (χ3n) is 4.05. The summed E-state index contributed by atoms with van der Waals surface area (Å²) in [5, 5.41) is 17.1. The van der Waals surface area contributed by atoms with Gasteiger partial charge in [-0.25, -0.2) is 9.61 Å². The van der Waals surface area contributed by atoms with Crippen LogP contribution in [0, 0.1) is 0 Å². The number of phenolic OH excluding ortho intramolecular Hbond substituents is 1. The Morgan fingerprint density at radius 2 is 2.12 bits per heavy atom. The number of imidazole rings is 1. The molecule has 4 aromatic rings. The fraction of sp³-hybridized carbons (Fsp3) is 0.111. The maximum absolute atomic E-state index is 12.8. The van der Waals surface area contributed by atoms with Gasteiger partial charge in [0.15, 0.2) is 28.8 Å². The lowest BCUT2D eigenvalue weighted by Crippen LogP contribution is -2.12. The molecule has 130 valence electrons. The molecule has 2 heterocycles. The fourth-order valence-electron chi connectivity index (χ4n) is 2.78. The maximum Gasteiger partial charge on any atom is 0.182 e. The number of phenols is 1. The van der Waals surface area contributed by atoms with E-state index in [1.807, 2.05) is 24.3 Å². The molecule has 0 unspecified atom stereocenters. The van der Waals surface area contributed by atoms with Crippen molar-refractivity contribution in [1.82, 2.24) is 19.9 Å². The summed E-state index contributed by atoms with van der Waals surface area (Å²) in [7, 11) is 1.43. The van der Waals surface area contributed by atoms with Crippen molar-refractivity contribution < 1.29 is 19.3 Å². The summed E-state index contributed by atoms with van der Waals surface area (Å²) in [4.78, 5) is 17.3. The number of para-hydroxylation sites is 2. The van der Waals surface area contributed by atoms with E-state index in [-0.39, 0.29) is 23.8 Å². The number of hydrogen-bond acceptors (Lipinski definition) is 7. The van der Waals surface area contributed by atoms with Crippen LogP contribution in [0.3, 0.4) is 0 Å². The Bertz CT molecular complexity index is 1090. The highest BCUT2D eigenvalue weighted by Crippen LogP contribution is 2.28. The molecule has 2 aromatic heterocycles. The van der Waals surface area contributed by atoms with Gasteiger partial charge in [0.2, 0.25) is 0 Å². The van der Waals surface area contributed by atoms with Gasteiger partial charge >= 0.3 is 0 Å². The first-order chi connectivity index (χ1) is 12.7. The molecule has 26 heavy (non-hydrogen) atoms. The number of aromatic nitrogens is 4. The largest absolute Gasteiger partial charge is 0.504 e. The molecule has 0 radical (unpaired) electrons. The topological polar surface area (TPSA) is 103 Å². The zero-order valence-corrected chi connectivity index (χ0v) is 13.8. The van der Waals surface area contributed by atoms with E-state index in [2.05, 4.69) is 19.9 Å². The molecule has 0 aliphatic carbocycles. The lowest BCUT2D eigenvalue weighted by molar-refractivity contribution is 0.0973. The fourth-order valence-corrected chi connectivity index (χ4v) is 2.78. The predicted octanol–water partition coefficient (Wildman–Crippen LogP) is 2.68. The Morgan fingerprint density at radius 3 is 2.88 bits per heavy atom. The molecule has 8 heteroatoms. The Morgan fingerprint density at radius 1 is 1.27 bits per heavy atom. The number of carbonyl (C=O) groups is 1. The minimum Gasteiger partial charge on any atom is -0.504 e. The Kier molecular flexibility index (Phi) is 3.85. The number of methoxy groups -OCH3 is 1. The highest BCUT2D eigenvalue weighted by atomic mass is 16.6. The maximum atomic E-state index is 12.8. The van der Waals surface area contributed by atoms with Gasteiger partial charge in [-0.1, -0.05) is 17.3 Å². The van der Waals surface area contributed by atoms with Crippen molar-refractivity contribution in [2.24, 2.45) is 0 Å². The van der Waals surface area contributed by atoms with E-state index in [0.29, 0.717) is 17.1 Å². The smallest absolute Gasteiger partial charge is 0.182 e. The molecule has 1 N–H and O–H groups in total. The van der Waals surface area contributed by atoms with E-state index >= 15 is 0 Å². The first-order valence-corrected chi connectivity index (χ1v) is 7.81. The van der Waals surface area contributed by atoms with E-state index < -0.39 is 0 Å². The normalized spacial score (nSPS) is 11.0. The molecular weight excluding hydrogens is 336 g/mol. The number of hydrogen-bond donors (Lipinski definition) is 1. The van der Waals surface area contributed by atoms with Crippen LogP contribution in [0.15, 0.2) is 53.3 Å². The number of fused-ring (bicyclic) bond motifs is 1. The van der Waals surface area contributed by atoms with Gasteiger partial charge in [-0.05, 0) is 35.5 Å². The van der Waals surface area contributed by atoms with Crippen LogP contribution in [0.1, 0.15) is 10.4 Å². The summed E-state index contributed by atoms with van der Waals surface area (Å²) in [5.74, 6) is 0.550. The van der Waals surface area contributed by atoms with Crippen molar-refractivity contribution >= 4 is 16.8 Å². The molecule has 0 atom stereocenters. The second kappa shape index (κ2) is 6.32. The lowest BCUT2D eigenvalue weighted by atomic mass is 10.1. The number of rotatable bonds is 5. The number of carbonyl (C=O) groups excluding carboxylic acids is 1. The standard InChI is InChI=1S/C18H14N4O4/c1-25-17-8-11(6-7-15(17)23)16(24)10-22-14-5-3-2-4-12(14)20-18(22)13-9-19-26-21-13/h2-9,23H,10H2,1H3. The molecule has 0 bridgehead atoms. The van der Waals surface area contributed by atoms with Crippen LogP contribution in [0.2, 0.25) is 0 Å². The van der Waals surface area contributed by atoms with Crippen LogP contribution in [0.25, 0.3) is 22.6 Å². The third kappa shape index (κ3) is 2.67. The second-order valence-electron chi connectivity index (χ2n) is 5.61. The Balaban J connectivity index is 1.77. The third-order valence-corrected chi connectivity index (χ3v) is 4.05. The first kappa shape index (κ1) is 15.8. The molecule has 0 saturated heterocycles. The molecule has 4 rings (SSSR count). The molecule has 0 aliphatic rings. The predicted molar refractivity (Wildman–Crippen MR) is 92.0 cm³/mol. The van der Waals surface area contributed by atoms with E-state index in [1.165, 1.54) is 25.4 Å². The van der Waals surface area contributed by atoms with E-state index in [0.717, 1.165) is 11.0 Å². The first-order valence-electron chi connectivity index (χ1n) is 7.81. The summed E-state index contributed by atoms with van der Waals surface area (Å²) >= 11 is 0. The molecular formula is C18H14N4O4. The molecule has 0 saturated carbocycles. The van der Waals surface area contributed by atoms with Crippen LogP contribution in [-0.2, 0) is 6.54 Å². The lowest BCUT2D eigenvalue weighted by Gasteiger charge is -2.09. The van der Waals surface area contributed by atoms with Gasteiger partial charge in [0, 0.05) is 5.56 Å². The van der Waals surface area contributed by atoms with Crippen LogP contribution in [-0.4, -0.2) is 37.9 Å². The summed E-state index contributed by atoms with van der Waals surface area (Å²) < 4.78 is 11.5. The molecule has 8 nitrogen and oxygen atoms in total. The van der Waals surface area contributed by atoms with Crippen molar-refractivity contribution in [2.75, 3.05) is 7.11 Å². The van der Waals surface area contributed by atoms with Crippen LogP contribution < -0.4 is 4.74 Å². The van der Waals surface area contributed by atoms with Gasteiger partial charge in [0.1, 0.15) is 6.20 Å². The molecule has 0 aliphatic heterocycles. The van der Waals surface area contributed by atoms with Gasteiger partial charge in [-0.2, -0.15) is 0 Å². The van der Waals surface area contributed by atoms with Crippen LogP contribution in [0.4, 0.5) is 0 Å². The molecule has 0 spiro atoms. The summed E-state index contributed by atoms with van der Waals surface area (Å²) in [6, 6.07) is 12.0. The van der Waals surface area contributed by atoms with Gasteiger partial charge in [-0.3, -0.25) is 4.79 Å². The molecule has 0 fully saturated rings. The van der Waals surface area contributed by atoms with Crippen LogP contribution in [0.5, 0.6) is 11.5 Å². The van der Waals surface area contributed by atoms with Crippen molar-refractivity contribution in [3.05, 3.63) is 54.2 Å². The summed E-state index contributed by atoms with van der Waals surface area (Å²) in [6.07, 6.45) is 1.45. The Hall–Kier alpha value is -3.68. The SMILES string of the molecule is COc1cc(C(=O)Cn2c(-c3cnon3)nc3ccccc32)ccc1O.